The molecule has 0 saturated carbocycles. The minimum absolute atomic E-state index is 0.737. The third kappa shape index (κ3) is 2.36. The van der Waals surface area contributed by atoms with E-state index in [2.05, 4.69) is 32.2 Å². The summed E-state index contributed by atoms with van der Waals surface area (Å²) in [7, 11) is 0. The standard InChI is InChI=1S/C10H14N4S/c1-3-14-5-4-11-10(14)12-6-9-7-15-8(2)13-9/h4-5,7H,3,6H2,1-2H3,(H,11,12). The maximum Gasteiger partial charge on any atom is 0.203 e. The minimum atomic E-state index is 0.737. The number of thiazole rings is 1. The van der Waals surface area contributed by atoms with Crippen LogP contribution >= 0.6 is 11.3 Å². The van der Waals surface area contributed by atoms with Gasteiger partial charge in [-0.25, -0.2) is 9.97 Å². The average Bonchev–Trinajstić information content (AvgIpc) is 2.83. The van der Waals surface area contributed by atoms with E-state index in [9.17, 15) is 0 Å². The van der Waals surface area contributed by atoms with E-state index in [0.29, 0.717) is 0 Å². The normalized spacial score (nSPS) is 10.5. The molecule has 2 heterocycles. The topological polar surface area (TPSA) is 42.7 Å². The highest BCUT2D eigenvalue weighted by molar-refractivity contribution is 7.09. The van der Waals surface area contributed by atoms with Crippen LogP contribution in [0.2, 0.25) is 0 Å². The largest absolute Gasteiger partial charge is 0.350 e. The maximum atomic E-state index is 4.38. The Morgan fingerprint density at radius 3 is 3.07 bits per heavy atom. The summed E-state index contributed by atoms with van der Waals surface area (Å²) in [5.74, 6) is 0.906. The van der Waals surface area contributed by atoms with Crippen molar-refractivity contribution in [2.75, 3.05) is 5.32 Å². The monoisotopic (exact) mass is 222 g/mol. The van der Waals surface area contributed by atoms with E-state index in [0.717, 1.165) is 29.7 Å². The van der Waals surface area contributed by atoms with Crippen molar-refractivity contribution in [3.05, 3.63) is 28.5 Å². The third-order valence-electron chi connectivity index (χ3n) is 2.15. The highest BCUT2D eigenvalue weighted by Crippen LogP contribution is 2.10. The SMILES string of the molecule is CCn1ccnc1NCc1csc(C)n1. The first-order valence-electron chi connectivity index (χ1n) is 4.95. The van der Waals surface area contributed by atoms with Crippen molar-refractivity contribution >= 4 is 17.3 Å². The predicted octanol–water partition coefficient (Wildman–Crippen LogP) is 2.28. The fourth-order valence-electron chi connectivity index (χ4n) is 1.39. The Morgan fingerprint density at radius 1 is 1.53 bits per heavy atom. The third-order valence-corrected chi connectivity index (χ3v) is 2.97. The van der Waals surface area contributed by atoms with Gasteiger partial charge in [0.1, 0.15) is 0 Å². The Labute approximate surface area is 93.0 Å². The van der Waals surface area contributed by atoms with Gasteiger partial charge in [-0.05, 0) is 13.8 Å². The van der Waals surface area contributed by atoms with Gasteiger partial charge in [-0.15, -0.1) is 11.3 Å². The van der Waals surface area contributed by atoms with Crippen molar-refractivity contribution in [1.82, 2.24) is 14.5 Å². The van der Waals surface area contributed by atoms with Crippen molar-refractivity contribution in [1.29, 1.82) is 0 Å². The summed E-state index contributed by atoms with van der Waals surface area (Å²) in [4.78, 5) is 8.62. The van der Waals surface area contributed by atoms with Gasteiger partial charge in [0.2, 0.25) is 5.95 Å². The molecule has 0 unspecified atom stereocenters. The van der Waals surface area contributed by atoms with Gasteiger partial charge in [0.05, 0.1) is 17.2 Å². The smallest absolute Gasteiger partial charge is 0.203 e. The number of imidazole rings is 1. The molecular weight excluding hydrogens is 208 g/mol. The summed E-state index contributed by atoms with van der Waals surface area (Å²) in [6.45, 7) is 5.78. The number of rotatable bonds is 4. The Morgan fingerprint density at radius 2 is 2.40 bits per heavy atom. The molecule has 80 valence electrons. The van der Waals surface area contributed by atoms with Crippen LogP contribution in [0.4, 0.5) is 5.95 Å². The molecule has 0 aromatic carbocycles. The highest BCUT2D eigenvalue weighted by atomic mass is 32.1. The second-order valence-corrected chi connectivity index (χ2v) is 4.31. The lowest BCUT2D eigenvalue weighted by molar-refractivity contribution is 0.762. The molecule has 0 aliphatic carbocycles. The van der Waals surface area contributed by atoms with E-state index in [-0.39, 0.29) is 0 Å². The zero-order chi connectivity index (χ0) is 10.7. The molecular formula is C10H14N4S. The second-order valence-electron chi connectivity index (χ2n) is 3.25. The van der Waals surface area contributed by atoms with Crippen LogP contribution in [0.1, 0.15) is 17.6 Å². The quantitative estimate of drug-likeness (QED) is 0.863. The second kappa shape index (κ2) is 4.44. The zero-order valence-corrected chi connectivity index (χ0v) is 9.71. The highest BCUT2D eigenvalue weighted by Gasteiger charge is 2.02. The molecule has 2 rings (SSSR count). The Balaban J connectivity index is 1.98. The summed E-state index contributed by atoms with van der Waals surface area (Å²) in [6.07, 6.45) is 3.77. The molecule has 1 N–H and O–H groups in total. The van der Waals surface area contributed by atoms with E-state index in [1.54, 1.807) is 17.5 Å². The molecule has 0 amide bonds. The van der Waals surface area contributed by atoms with E-state index in [1.807, 2.05) is 13.1 Å². The van der Waals surface area contributed by atoms with Crippen LogP contribution in [0.5, 0.6) is 0 Å². The van der Waals surface area contributed by atoms with Crippen molar-refractivity contribution in [3.8, 4) is 0 Å². The Hall–Kier alpha value is -1.36. The van der Waals surface area contributed by atoms with Gasteiger partial charge in [0.25, 0.3) is 0 Å². The first-order chi connectivity index (χ1) is 7.29. The molecule has 15 heavy (non-hydrogen) atoms. The number of aryl methyl sites for hydroxylation is 2. The summed E-state index contributed by atoms with van der Waals surface area (Å²) in [6, 6.07) is 0. The van der Waals surface area contributed by atoms with Gasteiger partial charge < -0.3 is 9.88 Å². The van der Waals surface area contributed by atoms with Crippen molar-refractivity contribution in [3.63, 3.8) is 0 Å². The lowest BCUT2D eigenvalue weighted by atomic mass is 10.5. The lowest BCUT2D eigenvalue weighted by Crippen LogP contribution is -2.06. The minimum Gasteiger partial charge on any atom is -0.350 e. The molecule has 5 heteroatoms. The van der Waals surface area contributed by atoms with Gasteiger partial charge >= 0.3 is 0 Å². The molecule has 0 aliphatic heterocycles. The summed E-state index contributed by atoms with van der Waals surface area (Å²) < 4.78 is 2.07. The first kappa shape index (κ1) is 10.2. The molecule has 2 aromatic rings. The van der Waals surface area contributed by atoms with E-state index < -0.39 is 0 Å². The summed E-state index contributed by atoms with van der Waals surface area (Å²) in [5.41, 5.74) is 1.07. The van der Waals surface area contributed by atoms with Crippen LogP contribution < -0.4 is 5.32 Å². The van der Waals surface area contributed by atoms with E-state index >= 15 is 0 Å². The first-order valence-corrected chi connectivity index (χ1v) is 5.83. The van der Waals surface area contributed by atoms with E-state index in [1.165, 1.54) is 0 Å². The van der Waals surface area contributed by atoms with Crippen molar-refractivity contribution < 1.29 is 0 Å². The Kier molecular flexibility index (Phi) is 3.01. The average molecular weight is 222 g/mol. The molecule has 0 saturated heterocycles. The van der Waals surface area contributed by atoms with Crippen molar-refractivity contribution in [2.45, 2.75) is 26.9 Å². The zero-order valence-electron chi connectivity index (χ0n) is 8.90. The molecule has 0 radical (unpaired) electrons. The molecule has 0 bridgehead atoms. The van der Waals surface area contributed by atoms with Crippen LogP contribution in [0, 0.1) is 6.92 Å². The molecule has 0 aliphatic rings. The summed E-state index contributed by atoms with van der Waals surface area (Å²) >= 11 is 1.67. The predicted molar refractivity (Wildman–Crippen MR) is 62.1 cm³/mol. The number of nitrogens with one attached hydrogen (secondary N) is 1. The van der Waals surface area contributed by atoms with Crippen LogP contribution in [0.25, 0.3) is 0 Å². The maximum absolute atomic E-state index is 4.38. The van der Waals surface area contributed by atoms with E-state index in [4.69, 9.17) is 0 Å². The number of aromatic nitrogens is 3. The lowest BCUT2D eigenvalue weighted by Gasteiger charge is -2.05. The molecule has 0 spiro atoms. The Bertz CT molecular complexity index is 432. The molecule has 2 aromatic heterocycles. The fraction of sp³-hybridized carbons (Fsp3) is 0.400. The molecule has 4 nitrogen and oxygen atoms in total. The van der Waals surface area contributed by atoms with Gasteiger partial charge in [-0.3, -0.25) is 0 Å². The number of hydrogen-bond donors (Lipinski definition) is 1. The van der Waals surface area contributed by atoms with Crippen LogP contribution in [-0.4, -0.2) is 14.5 Å². The number of nitrogens with zero attached hydrogens (tertiary/aromatic N) is 3. The molecule has 0 fully saturated rings. The van der Waals surface area contributed by atoms with Crippen LogP contribution in [0.3, 0.4) is 0 Å². The number of anilines is 1. The number of hydrogen-bond acceptors (Lipinski definition) is 4. The summed E-state index contributed by atoms with van der Waals surface area (Å²) in [5, 5.41) is 6.44. The van der Waals surface area contributed by atoms with Crippen molar-refractivity contribution in [2.24, 2.45) is 0 Å². The van der Waals surface area contributed by atoms with Crippen LogP contribution in [0.15, 0.2) is 17.8 Å². The van der Waals surface area contributed by atoms with Gasteiger partial charge in [0.15, 0.2) is 0 Å². The fourth-order valence-corrected chi connectivity index (χ4v) is 2.00. The van der Waals surface area contributed by atoms with Crippen LogP contribution in [-0.2, 0) is 13.1 Å². The van der Waals surface area contributed by atoms with Gasteiger partial charge in [-0.1, -0.05) is 0 Å². The van der Waals surface area contributed by atoms with Gasteiger partial charge in [-0.2, -0.15) is 0 Å². The van der Waals surface area contributed by atoms with Gasteiger partial charge in [0, 0.05) is 24.3 Å². The molecule has 0 atom stereocenters.